The molecule has 0 atom stereocenters. The highest BCUT2D eigenvalue weighted by molar-refractivity contribution is 5.72. The zero-order valence-electron chi connectivity index (χ0n) is 9.90. The van der Waals surface area contributed by atoms with Crippen LogP contribution < -0.4 is 5.73 Å². The largest absolute Gasteiger partial charge is 0.396 e. The number of hydrogen-bond acceptors (Lipinski definition) is 4. The van der Waals surface area contributed by atoms with E-state index in [1.54, 1.807) is 6.08 Å². The summed E-state index contributed by atoms with van der Waals surface area (Å²) in [6, 6.07) is 1.34. The second-order valence-electron chi connectivity index (χ2n) is 3.69. The summed E-state index contributed by atoms with van der Waals surface area (Å²) in [5.41, 5.74) is 6.90. The van der Waals surface area contributed by atoms with Crippen LogP contribution in [0, 0.1) is 5.82 Å². The normalized spacial score (nSPS) is 11.1. The summed E-state index contributed by atoms with van der Waals surface area (Å²) in [5.74, 6) is -0.616. The molecular formula is C12H11F2N5. The summed E-state index contributed by atoms with van der Waals surface area (Å²) in [7, 11) is 0. The van der Waals surface area contributed by atoms with E-state index in [9.17, 15) is 8.78 Å². The molecule has 0 fully saturated rings. The Morgan fingerprint density at radius 1 is 1.53 bits per heavy atom. The number of nitrogens with two attached hydrogens (primary N) is 1. The van der Waals surface area contributed by atoms with Crippen molar-refractivity contribution in [2.24, 2.45) is 4.99 Å². The molecule has 0 saturated carbocycles. The molecule has 0 aliphatic carbocycles. The van der Waals surface area contributed by atoms with Crippen molar-refractivity contribution in [2.75, 3.05) is 5.73 Å². The summed E-state index contributed by atoms with van der Waals surface area (Å²) < 4.78 is 25.9. The Morgan fingerprint density at radius 3 is 2.95 bits per heavy atom. The van der Waals surface area contributed by atoms with Gasteiger partial charge in [0, 0.05) is 11.8 Å². The zero-order chi connectivity index (χ0) is 13.8. The Morgan fingerprint density at radius 2 is 2.32 bits per heavy atom. The molecule has 2 heterocycles. The third kappa shape index (κ3) is 2.49. The van der Waals surface area contributed by atoms with Gasteiger partial charge in [-0.2, -0.15) is 5.10 Å². The van der Waals surface area contributed by atoms with E-state index in [1.165, 1.54) is 12.3 Å². The highest BCUT2D eigenvalue weighted by atomic mass is 19.1. The third-order valence-corrected chi connectivity index (χ3v) is 2.49. The number of aromatic nitrogens is 3. The Bertz CT molecular complexity index is 633. The molecule has 0 amide bonds. The van der Waals surface area contributed by atoms with Crippen molar-refractivity contribution in [1.82, 2.24) is 15.2 Å². The molecule has 0 saturated heterocycles. The molecule has 2 aromatic rings. The minimum Gasteiger partial charge on any atom is -0.396 e. The molecule has 0 aliphatic heterocycles. The summed E-state index contributed by atoms with van der Waals surface area (Å²) in [5, 5.41) is 6.51. The number of alkyl halides is 1. The maximum Gasteiger partial charge on any atom is 0.164 e. The summed E-state index contributed by atoms with van der Waals surface area (Å²) in [6.45, 7) is 2.58. The predicted molar refractivity (Wildman–Crippen MR) is 69.6 cm³/mol. The lowest BCUT2D eigenvalue weighted by atomic mass is 10.1. The number of rotatable bonds is 4. The smallest absolute Gasteiger partial charge is 0.164 e. The van der Waals surface area contributed by atoms with Gasteiger partial charge in [0.05, 0.1) is 23.3 Å². The molecule has 0 spiro atoms. The molecule has 98 valence electrons. The van der Waals surface area contributed by atoms with Crippen LogP contribution in [0.1, 0.15) is 11.3 Å². The molecule has 2 rings (SSSR count). The van der Waals surface area contributed by atoms with E-state index in [4.69, 9.17) is 5.73 Å². The molecule has 19 heavy (non-hydrogen) atoms. The first-order valence-electron chi connectivity index (χ1n) is 5.34. The Balaban J connectivity index is 2.54. The van der Waals surface area contributed by atoms with E-state index in [1.807, 2.05) is 0 Å². The van der Waals surface area contributed by atoms with E-state index >= 15 is 0 Å². The number of H-pyrrole nitrogens is 1. The highest BCUT2D eigenvalue weighted by Gasteiger charge is 2.14. The first kappa shape index (κ1) is 12.9. The molecule has 0 unspecified atom stereocenters. The number of aromatic amines is 1. The van der Waals surface area contributed by atoms with Gasteiger partial charge in [0.1, 0.15) is 12.4 Å². The van der Waals surface area contributed by atoms with Crippen LogP contribution in [0.5, 0.6) is 0 Å². The van der Waals surface area contributed by atoms with Gasteiger partial charge in [-0.25, -0.2) is 8.78 Å². The van der Waals surface area contributed by atoms with Crippen LogP contribution in [0.15, 0.2) is 23.5 Å². The second-order valence-corrected chi connectivity index (χ2v) is 3.69. The van der Waals surface area contributed by atoms with Crippen LogP contribution in [0.25, 0.3) is 17.5 Å². The van der Waals surface area contributed by atoms with E-state index in [2.05, 4.69) is 26.9 Å². The standard InChI is InChI=1S/C12H11F2N5/c1-16-3-2-7-11(5-13)18-19-12(7)10-4-9(15)8(14)6-17-10/h2-4,6H,1,5H2,(H2,15,17)(H,18,19)/b3-2-. The number of halogens is 2. The maximum atomic E-state index is 13.1. The number of hydrogen-bond donors (Lipinski definition) is 2. The van der Waals surface area contributed by atoms with Gasteiger partial charge >= 0.3 is 0 Å². The number of pyridine rings is 1. The Kier molecular flexibility index (Phi) is 3.65. The number of nitrogens with one attached hydrogen (secondary N) is 1. The van der Waals surface area contributed by atoms with Gasteiger partial charge in [-0.05, 0) is 18.9 Å². The van der Waals surface area contributed by atoms with Crippen LogP contribution in [0.4, 0.5) is 14.5 Å². The average molecular weight is 263 g/mol. The molecule has 0 aliphatic rings. The van der Waals surface area contributed by atoms with Gasteiger partial charge in [-0.15, -0.1) is 0 Å². The average Bonchev–Trinajstić information content (AvgIpc) is 2.82. The zero-order valence-corrected chi connectivity index (χ0v) is 9.90. The fourth-order valence-corrected chi connectivity index (χ4v) is 1.57. The fourth-order valence-electron chi connectivity index (χ4n) is 1.57. The number of anilines is 1. The Labute approximate surface area is 107 Å². The molecule has 0 aromatic carbocycles. The third-order valence-electron chi connectivity index (χ3n) is 2.49. The van der Waals surface area contributed by atoms with Crippen molar-refractivity contribution in [1.29, 1.82) is 0 Å². The monoisotopic (exact) mass is 263 g/mol. The van der Waals surface area contributed by atoms with Gasteiger partial charge in [0.2, 0.25) is 0 Å². The van der Waals surface area contributed by atoms with Crippen molar-refractivity contribution in [2.45, 2.75) is 6.67 Å². The van der Waals surface area contributed by atoms with Crippen molar-refractivity contribution >= 4 is 18.5 Å². The van der Waals surface area contributed by atoms with Gasteiger partial charge < -0.3 is 5.73 Å². The topological polar surface area (TPSA) is 79.9 Å². The highest BCUT2D eigenvalue weighted by Crippen LogP contribution is 2.26. The number of aliphatic imine (C=N–C) groups is 1. The SMILES string of the molecule is C=N/C=C\c1c(-c2cc(N)c(F)cn2)n[nH]c1CF. The van der Waals surface area contributed by atoms with Gasteiger partial charge in [0.15, 0.2) is 5.82 Å². The maximum absolute atomic E-state index is 13.1. The van der Waals surface area contributed by atoms with Crippen LogP contribution >= 0.6 is 0 Å². The first-order valence-corrected chi connectivity index (χ1v) is 5.34. The lowest BCUT2D eigenvalue weighted by Crippen LogP contribution is -1.95. The predicted octanol–water partition coefficient (Wildman–Crippen LogP) is 2.33. The van der Waals surface area contributed by atoms with Crippen molar-refractivity contribution in [3.63, 3.8) is 0 Å². The van der Waals surface area contributed by atoms with Crippen LogP contribution in [0.2, 0.25) is 0 Å². The van der Waals surface area contributed by atoms with Gasteiger partial charge in [-0.1, -0.05) is 0 Å². The molecule has 0 radical (unpaired) electrons. The van der Waals surface area contributed by atoms with Crippen molar-refractivity contribution in [3.8, 4) is 11.4 Å². The van der Waals surface area contributed by atoms with Crippen LogP contribution in [-0.2, 0) is 6.67 Å². The van der Waals surface area contributed by atoms with Crippen molar-refractivity contribution < 1.29 is 8.78 Å². The minimum atomic E-state index is -0.722. The Hall–Kier alpha value is -2.57. The van der Waals surface area contributed by atoms with E-state index < -0.39 is 12.5 Å². The molecule has 5 nitrogen and oxygen atoms in total. The fraction of sp³-hybridized carbons (Fsp3) is 0.0833. The van der Waals surface area contributed by atoms with Crippen molar-refractivity contribution in [3.05, 3.63) is 35.5 Å². The summed E-state index contributed by atoms with van der Waals surface area (Å²) in [4.78, 5) is 7.44. The summed E-state index contributed by atoms with van der Waals surface area (Å²) >= 11 is 0. The quantitative estimate of drug-likeness (QED) is 0.831. The van der Waals surface area contributed by atoms with Crippen LogP contribution in [0.3, 0.4) is 0 Å². The first-order chi connectivity index (χ1) is 9.17. The van der Waals surface area contributed by atoms with Crippen LogP contribution in [-0.4, -0.2) is 21.9 Å². The van der Waals surface area contributed by atoms with E-state index in [0.717, 1.165) is 6.20 Å². The number of nitrogen functional groups attached to an aromatic ring is 1. The molecule has 7 heteroatoms. The molecule has 0 bridgehead atoms. The van der Waals surface area contributed by atoms with E-state index in [0.29, 0.717) is 17.0 Å². The summed E-state index contributed by atoms with van der Waals surface area (Å²) in [6.07, 6.45) is 3.94. The van der Waals surface area contributed by atoms with Gasteiger partial charge in [0.25, 0.3) is 0 Å². The molecular weight excluding hydrogens is 252 g/mol. The van der Waals surface area contributed by atoms with E-state index in [-0.39, 0.29) is 11.4 Å². The van der Waals surface area contributed by atoms with Gasteiger partial charge in [-0.3, -0.25) is 15.1 Å². The second kappa shape index (κ2) is 5.38. The number of nitrogens with zero attached hydrogens (tertiary/aromatic N) is 3. The lowest BCUT2D eigenvalue weighted by Gasteiger charge is -2.01. The minimum absolute atomic E-state index is 0.0495. The molecule has 2 aromatic heterocycles. The lowest BCUT2D eigenvalue weighted by molar-refractivity contribution is 0.475. The molecule has 3 N–H and O–H groups in total.